The molecule has 4 nitrogen and oxygen atoms in total. The molecule has 2 aliphatic heterocycles. The summed E-state index contributed by atoms with van der Waals surface area (Å²) in [7, 11) is 0. The minimum Gasteiger partial charge on any atom is -0.455 e. The van der Waals surface area contributed by atoms with Gasteiger partial charge in [-0.2, -0.15) is 0 Å². The number of furan rings is 1. The van der Waals surface area contributed by atoms with E-state index in [0.717, 1.165) is 32.4 Å². The van der Waals surface area contributed by atoms with E-state index < -0.39 is 132 Å². The Morgan fingerprint density at radius 2 is 0.973 bits per heavy atom. The van der Waals surface area contributed by atoms with Crippen LogP contribution in [0.25, 0.3) is 55.3 Å². The monoisotopic (exact) mass is 982 g/mol. The van der Waals surface area contributed by atoms with Crippen molar-refractivity contribution in [3.63, 3.8) is 0 Å². The van der Waals surface area contributed by atoms with Crippen molar-refractivity contribution < 1.29 is 31.8 Å². The van der Waals surface area contributed by atoms with E-state index in [2.05, 4.69) is 32.9 Å². The van der Waals surface area contributed by atoms with E-state index in [0.29, 0.717) is 67.2 Å². The van der Waals surface area contributed by atoms with Gasteiger partial charge < -0.3 is 19.1 Å². The van der Waals surface area contributed by atoms with Crippen LogP contribution in [-0.2, 0) is 5.41 Å². The average molecular weight is 982 g/mol. The van der Waals surface area contributed by atoms with Gasteiger partial charge in [-0.05, 0) is 140 Å². The van der Waals surface area contributed by atoms with Gasteiger partial charge in [0.15, 0.2) is 0 Å². The lowest BCUT2D eigenvalue weighted by Gasteiger charge is -2.45. The standard InChI is InChI=1S/C70H52BN3O/c1-70(2,3)52-44-65-68-66(45-52)74(56-38-33-50(34-39-56)58-28-18-29-60-59-27-16-17-30-67(59)75-69(58)60)64-46-57(72(53-23-12-6-13-24-53)54-25-14-7-15-26-54)40-41-61(64)71(68)62-43-51(48-21-10-5-11-22-48)35-42-63(62)73(65)55-36-31-49(32-37-55)47-19-8-4-9-20-47/h4-46H,1-3H3/i4D,5D,6D,7D,8D,9D,10D,11D,12D,13D,14D,15D,19D,20D,21D,22D,23D,24D,25D,26D. The number of anilines is 9. The van der Waals surface area contributed by atoms with Crippen molar-refractivity contribution in [2.75, 3.05) is 14.7 Å². The van der Waals surface area contributed by atoms with Gasteiger partial charge in [-0.3, -0.25) is 0 Å². The Morgan fingerprint density at radius 3 is 1.60 bits per heavy atom. The molecule has 11 aromatic carbocycles. The summed E-state index contributed by atoms with van der Waals surface area (Å²) < 4.78 is 184. The number of fused-ring (bicyclic) bond motifs is 7. The van der Waals surface area contributed by atoms with E-state index in [1.807, 2.05) is 76.5 Å². The zero-order valence-electron chi connectivity index (χ0n) is 60.6. The molecule has 356 valence electrons. The van der Waals surface area contributed by atoms with Crippen molar-refractivity contribution in [1.82, 2.24) is 0 Å². The molecule has 2 aliphatic rings. The van der Waals surface area contributed by atoms with Gasteiger partial charge in [0.1, 0.15) is 11.2 Å². The summed E-state index contributed by atoms with van der Waals surface area (Å²) in [5.41, 5.74) is 8.09. The predicted octanol–water partition coefficient (Wildman–Crippen LogP) is 17.4. The fourth-order valence-electron chi connectivity index (χ4n) is 10.7. The van der Waals surface area contributed by atoms with Gasteiger partial charge in [-0.1, -0.05) is 196 Å². The van der Waals surface area contributed by atoms with Crippen LogP contribution in [0.5, 0.6) is 0 Å². The molecule has 75 heavy (non-hydrogen) atoms. The maximum atomic E-state index is 9.40. The van der Waals surface area contributed by atoms with Crippen molar-refractivity contribution in [1.29, 1.82) is 0 Å². The van der Waals surface area contributed by atoms with Crippen LogP contribution in [0.15, 0.2) is 265 Å². The van der Waals surface area contributed by atoms with Gasteiger partial charge in [0.25, 0.3) is 6.71 Å². The highest BCUT2D eigenvalue weighted by molar-refractivity contribution is 7.00. The number of hydrogen-bond acceptors (Lipinski definition) is 4. The maximum Gasteiger partial charge on any atom is 0.252 e. The first kappa shape index (κ1) is 28.2. The fraction of sp³-hybridized carbons (Fsp3) is 0.0571. The average Bonchev–Trinajstić information content (AvgIpc) is 1.18. The van der Waals surface area contributed by atoms with Crippen molar-refractivity contribution >= 4 is 96.2 Å². The molecule has 0 amide bonds. The Labute approximate surface area is 467 Å². The van der Waals surface area contributed by atoms with Crippen LogP contribution in [-0.4, -0.2) is 6.71 Å². The Hall–Kier alpha value is -9.32. The SMILES string of the molecule is [2H]c1c([2H])c([2H])c(-c2ccc(N3c4ccc(-c5c([2H])c([2H])c([2H])c([2H])c5[2H])cc4B4c5ccc(N(c6c([2H])c([2H])c([2H])c([2H])c6[2H])c6c([2H])c([2H])c([2H])c([2H])c6[2H])cc5N(c5ccc(-c6cccc7c6oc6ccccc67)cc5)c5cc(C(C)(C)C)cc3c54)cc2)c([2H])c1[2H]. The van der Waals surface area contributed by atoms with Gasteiger partial charge >= 0.3 is 0 Å². The molecule has 14 rings (SSSR count). The summed E-state index contributed by atoms with van der Waals surface area (Å²) >= 11 is 0. The van der Waals surface area contributed by atoms with Crippen LogP contribution in [0, 0.1) is 0 Å². The molecule has 1 aromatic heterocycles. The summed E-state index contributed by atoms with van der Waals surface area (Å²) in [4.78, 5) is 5.16. The first-order chi connectivity index (χ1) is 45.1. The molecule has 5 heteroatoms. The third kappa shape index (κ3) is 7.53. The predicted molar refractivity (Wildman–Crippen MR) is 317 cm³/mol. The summed E-state index contributed by atoms with van der Waals surface area (Å²) in [5, 5.41) is 1.87. The van der Waals surface area contributed by atoms with E-state index in [1.54, 1.807) is 60.7 Å². The Morgan fingerprint density at radius 1 is 0.427 bits per heavy atom. The fourth-order valence-corrected chi connectivity index (χ4v) is 10.7. The molecule has 12 aromatic rings. The van der Waals surface area contributed by atoms with Gasteiger partial charge in [0.05, 0.1) is 27.4 Å². The molecule has 0 unspecified atom stereocenters. The Balaban J connectivity index is 1.09. The molecule has 0 aliphatic carbocycles. The molecule has 0 saturated heterocycles. The van der Waals surface area contributed by atoms with Crippen LogP contribution in [0.1, 0.15) is 53.7 Å². The highest BCUT2D eigenvalue weighted by Crippen LogP contribution is 2.49. The second kappa shape index (κ2) is 17.7. The lowest BCUT2D eigenvalue weighted by molar-refractivity contribution is 0.590. The summed E-state index contributed by atoms with van der Waals surface area (Å²) in [6, 6.07) is 30.8. The van der Waals surface area contributed by atoms with Crippen molar-refractivity contribution in [3.05, 3.63) is 266 Å². The molecule has 0 bridgehead atoms. The van der Waals surface area contributed by atoms with Crippen LogP contribution >= 0.6 is 0 Å². The Kier molecular flexibility index (Phi) is 6.67. The van der Waals surface area contributed by atoms with Gasteiger partial charge in [-0.25, -0.2) is 0 Å². The molecular weight excluding hydrogens is 910 g/mol. The zero-order chi connectivity index (χ0) is 67.6. The molecular formula is C70H52BN3O. The summed E-state index contributed by atoms with van der Waals surface area (Å²) in [5.74, 6) is 0. The highest BCUT2D eigenvalue weighted by Gasteiger charge is 2.44. The molecule has 0 N–H and O–H groups in total. The highest BCUT2D eigenvalue weighted by atomic mass is 16.3. The summed E-state index contributed by atoms with van der Waals surface area (Å²) in [6.07, 6.45) is 0. The van der Waals surface area contributed by atoms with Crippen LogP contribution in [0.3, 0.4) is 0 Å². The van der Waals surface area contributed by atoms with Crippen molar-refractivity contribution in [3.8, 4) is 33.4 Å². The topological polar surface area (TPSA) is 22.9 Å². The molecule has 3 heterocycles. The first-order valence-corrected chi connectivity index (χ1v) is 24.4. The second-order valence-electron chi connectivity index (χ2n) is 19.5. The van der Waals surface area contributed by atoms with E-state index >= 15 is 0 Å². The first-order valence-electron chi connectivity index (χ1n) is 34.4. The number of para-hydroxylation sites is 4. The molecule has 0 radical (unpaired) electrons. The van der Waals surface area contributed by atoms with Gasteiger partial charge in [0.2, 0.25) is 0 Å². The largest absolute Gasteiger partial charge is 0.455 e. The third-order valence-electron chi connectivity index (χ3n) is 14.1. The molecule has 0 spiro atoms. The molecule has 0 atom stereocenters. The van der Waals surface area contributed by atoms with E-state index in [-0.39, 0.29) is 34.5 Å². The number of nitrogens with zero attached hydrogens (tertiary/aromatic N) is 3. The maximum absolute atomic E-state index is 9.40. The number of benzene rings is 11. The van der Waals surface area contributed by atoms with Crippen molar-refractivity contribution in [2.24, 2.45) is 0 Å². The zero-order valence-corrected chi connectivity index (χ0v) is 40.6. The normalized spacial score (nSPS) is 16.4. The lowest BCUT2D eigenvalue weighted by atomic mass is 9.33. The number of hydrogen-bond donors (Lipinski definition) is 0. The third-order valence-corrected chi connectivity index (χ3v) is 14.1. The van der Waals surface area contributed by atoms with E-state index in [9.17, 15) is 8.22 Å². The quantitative estimate of drug-likeness (QED) is 0.142. The minimum absolute atomic E-state index is 0.000597. The van der Waals surface area contributed by atoms with Crippen LogP contribution < -0.4 is 31.1 Å². The van der Waals surface area contributed by atoms with Gasteiger partial charge in [0, 0.05) is 67.5 Å². The van der Waals surface area contributed by atoms with E-state index in [1.165, 1.54) is 0 Å². The van der Waals surface area contributed by atoms with Crippen LogP contribution in [0.2, 0.25) is 0 Å². The molecule has 0 saturated carbocycles. The van der Waals surface area contributed by atoms with Crippen LogP contribution in [0.4, 0.5) is 51.2 Å². The Bertz CT molecular complexity index is 5160. The second-order valence-corrected chi connectivity index (χ2v) is 19.5. The smallest absolute Gasteiger partial charge is 0.252 e. The van der Waals surface area contributed by atoms with Gasteiger partial charge in [-0.15, -0.1) is 0 Å². The minimum atomic E-state index is -0.824. The lowest BCUT2D eigenvalue weighted by Crippen LogP contribution is -2.61. The van der Waals surface area contributed by atoms with Crippen molar-refractivity contribution in [2.45, 2.75) is 26.2 Å². The summed E-state index contributed by atoms with van der Waals surface area (Å²) in [6.45, 7) is 5.36. The number of rotatable bonds is 8. The van der Waals surface area contributed by atoms with E-state index in [4.69, 9.17) is 23.6 Å². The molecule has 0 fully saturated rings.